The zero-order valence-electron chi connectivity index (χ0n) is 16.1. The number of rotatable bonds is 8. The van der Waals surface area contributed by atoms with Crippen molar-refractivity contribution in [3.63, 3.8) is 0 Å². The van der Waals surface area contributed by atoms with E-state index in [0.29, 0.717) is 23.0 Å². The van der Waals surface area contributed by atoms with E-state index in [0.717, 1.165) is 11.1 Å². The maximum Gasteiger partial charge on any atom is 0.355 e. The van der Waals surface area contributed by atoms with Crippen molar-refractivity contribution < 1.29 is 23.7 Å². The Bertz CT molecular complexity index is 798. The van der Waals surface area contributed by atoms with E-state index in [4.69, 9.17) is 18.9 Å². The lowest BCUT2D eigenvalue weighted by molar-refractivity contribution is 0.242. The van der Waals surface area contributed by atoms with Gasteiger partial charge in [-0.25, -0.2) is 15.6 Å². The molecule has 0 bridgehead atoms. The van der Waals surface area contributed by atoms with Crippen LogP contribution in [0.1, 0.15) is 11.1 Å². The number of carbonyl (C=O) groups excluding carboxylic acids is 1. The number of nitrogens with one attached hydrogen (secondary N) is 2. The van der Waals surface area contributed by atoms with Gasteiger partial charge in [0.2, 0.25) is 0 Å². The van der Waals surface area contributed by atoms with Gasteiger partial charge in [0.05, 0.1) is 40.9 Å². The smallest absolute Gasteiger partial charge is 0.355 e. The zero-order chi connectivity index (χ0) is 20.4. The number of methoxy groups -OCH3 is 4. The third-order valence-corrected chi connectivity index (χ3v) is 3.57. The van der Waals surface area contributed by atoms with Gasteiger partial charge >= 0.3 is 6.03 Å². The SMILES string of the molecule is COc1ccc(/C=N/NC(=O)N/N=C/c2ccc(OC)c(OC)c2)cc1OC. The van der Waals surface area contributed by atoms with E-state index in [-0.39, 0.29) is 0 Å². The maximum absolute atomic E-state index is 11.7. The molecule has 0 aliphatic heterocycles. The summed E-state index contributed by atoms with van der Waals surface area (Å²) in [5.74, 6) is 2.34. The van der Waals surface area contributed by atoms with Crippen LogP contribution in [0.15, 0.2) is 46.6 Å². The molecule has 0 aromatic heterocycles. The monoisotopic (exact) mass is 386 g/mol. The Labute approximate surface area is 162 Å². The summed E-state index contributed by atoms with van der Waals surface area (Å²) in [5, 5.41) is 7.71. The third kappa shape index (κ3) is 5.63. The molecular weight excluding hydrogens is 364 g/mol. The molecule has 2 aromatic rings. The van der Waals surface area contributed by atoms with Crippen molar-refractivity contribution in [1.29, 1.82) is 0 Å². The van der Waals surface area contributed by atoms with Crippen molar-refractivity contribution in [2.45, 2.75) is 0 Å². The molecule has 9 nitrogen and oxygen atoms in total. The van der Waals surface area contributed by atoms with E-state index < -0.39 is 6.03 Å². The van der Waals surface area contributed by atoms with Crippen LogP contribution in [0.5, 0.6) is 23.0 Å². The molecule has 2 amide bonds. The lowest BCUT2D eigenvalue weighted by atomic mass is 10.2. The van der Waals surface area contributed by atoms with Crippen LogP contribution in [0.4, 0.5) is 4.79 Å². The Morgan fingerprint density at radius 1 is 0.714 bits per heavy atom. The minimum Gasteiger partial charge on any atom is -0.493 e. The second kappa shape index (κ2) is 10.4. The van der Waals surface area contributed by atoms with Crippen LogP contribution in [0.25, 0.3) is 0 Å². The van der Waals surface area contributed by atoms with E-state index in [2.05, 4.69) is 21.1 Å². The molecule has 0 unspecified atom stereocenters. The van der Waals surface area contributed by atoms with Gasteiger partial charge in [-0.2, -0.15) is 10.2 Å². The summed E-state index contributed by atoms with van der Waals surface area (Å²) >= 11 is 0. The fourth-order valence-electron chi connectivity index (χ4n) is 2.22. The summed E-state index contributed by atoms with van der Waals surface area (Å²) in [4.78, 5) is 11.7. The molecule has 0 aliphatic rings. The maximum atomic E-state index is 11.7. The predicted octanol–water partition coefficient (Wildman–Crippen LogP) is 2.39. The number of hydrazone groups is 2. The molecule has 0 saturated heterocycles. The highest BCUT2D eigenvalue weighted by Crippen LogP contribution is 2.27. The van der Waals surface area contributed by atoms with E-state index in [1.165, 1.54) is 12.4 Å². The minimum atomic E-state index is -0.589. The van der Waals surface area contributed by atoms with Crippen LogP contribution in [0.2, 0.25) is 0 Å². The van der Waals surface area contributed by atoms with Gasteiger partial charge in [0.1, 0.15) is 0 Å². The number of amides is 2. The van der Waals surface area contributed by atoms with Gasteiger partial charge < -0.3 is 18.9 Å². The van der Waals surface area contributed by atoms with Crippen molar-refractivity contribution >= 4 is 18.5 Å². The number of hydrogen-bond donors (Lipinski definition) is 2. The van der Waals surface area contributed by atoms with E-state index >= 15 is 0 Å². The van der Waals surface area contributed by atoms with Crippen LogP contribution in [-0.2, 0) is 0 Å². The van der Waals surface area contributed by atoms with Crippen LogP contribution in [0, 0.1) is 0 Å². The molecule has 0 fully saturated rings. The first kappa shape index (κ1) is 20.6. The Hall–Kier alpha value is -3.75. The van der Waals surface area contributed by atoms with E-state index in [1.54, 1.807) is 64.8 Å². The summed E-state index contributed by atoms with van der Waals surface area (Å²) in [6.07, 6.45) is 2.94. The average Bonchev–Trinajstić information content (AvgIpc) is 2.73. The van der Waals surface area contributed by atoms with Crippen LogP contribution < -0.4 is 29.8 Å². The van der Waals surface area contributed by atoms with Crippen molar-refractivity contribution in [3.05, 3.63) is 47.5 Å². The average molecular weight is 386 g/mol. The van der Waals surface area contributed by atoms with Gasteiger partial charge in [0, 0.05) is 0 Å². The molecule has 0 saturated carbocycles. The van der Waals surface area contributed by atoms with Gasteiger partial charge in [0.15, 0.2) is 23.0 Å². The topological polar surface area (TPSA) is 103 Å². The molecule has 28 heavy (non-hydrogen) atoms. The number of benzene rings is 2. The minimum absolute atomic E-state index is 0.565. The lowest BCUT2D eigenvalue weighted by Crippen LogP contribution is -2.28. The molecule has 2 aromatic carbocycles. The second-order valence-corrected chi connectivity index (χ2v) is 5.30. The van der Waals surface area contributed by atoms with Crippen molar-refractivity contribution in [2.75, 3.05) is 28.4 Å². The number of carbonyl (C=O) groups is 1. The molecule has 2 rings (SSSR count). The molecule has 0 heterocycles. The first-order valence-corrected chi connectivity index (χ1v) is 8.17. The van der Waals surface area contributed by atoms with Crippen LogP contribution >= 0.6 is 0 Å². The first-order valence-electron chi connectivity index (χ1n) is 8.17. The highest BCUT2D eigenvalue weighted by Gasteiger charge is 2.04. The molecule has 0 spiro atoms. The molecule has 0 aliphatic carbocycles. The van der Waals surface area contributed by atoms with Gasteiger partial charge in [0.25, 0.3) is 0 Å². The Morgan fingerprint density at radius 3 is 1.46 bits per heavy atom. The first-order chi connectivity index (χ1) is 13.6. The van der Waals surface area contributed by atoms with E-state index in [1.807, 2.05) is 0 Å². The van der Waals surface area contributed by atoms with E-state index in [9.17, 15) is 4.79 Å². The summed E-state index contributed by atoms with van der Waals surface area (Å²) in [5.41, 5.74) is 6.08. The van der Waals surface area contributed by atoms with Gasteiger partial charge in [-0.3, -0.25) is 0 Å². The van der Waals surface area contributed by atoms with Crippen LogP contribution in [0.3, 0.4) is 0 Å². The largest absolute Gasteiger partial charge is 0.493 e. The van der Waals surface area contributed by atoms with Crippen molar-refractivity contribution in [2.24, 2.45) is 10.2 Å². The highest BCUT2D eigenvalue weighted by atomic mass is 16.5. The Kier molecular flexibility index (Phi) is 7.64. The Morgan fingerprint density at radius 2 is 1.11 bits per heavy atom. The molecule has 148 valence electrons. The number of nitrogens with zero attached hydrogens (tertiary/aromatic N) is 2. The molecule has 2 N–H and O–H groups in total. The summed E-state index contributed by atoms with van der Waals surface area (Å²) in [6.45, 7) is 0. The highest BCUT2D eigenvalue weighted by molar-refractivity contribution is 5.84. The molecular formula is C19H22N4O5. The summed E-state index contributed by atoms with van der Waals surface area (Å²) in [6, 6.07) is 9.92. The quantitative estimate of drug-likeness (QED) is 0.536. The second-order valence-electron chi connectivity index (χ2n) is 5.30. The third-order valence-electron chi connectivity index (χ3n) is 3.57. The Balaban J connectivity index is 1.89. The fourth-order valence-corrected chi connectivity index (χ4v) is 2.22. The van der Waals surface area contributed by atoms with Gasteiger partial charge in [-0.15, -0.1) is 0 Å². The summed E-state index contributed by atoms with van der Waals surface area (Å²) < 4.78 is 20.7. The number of ether oxygens (including phenoxy) is 4. The number of hydrogen-bond acceptors (Lipinski definition) is 7. The van der Waals surface area contributed by atoms with Crippen molar-refractivity contribution in [1.82, 2.24) is 10.9 Å². The number of urea groups is 1. The lowest BCUT2D eigenvalue weighted by Gasteiger charge is -2.07. The van der Waals surface area contributed by atoms with Crippen LogP contribution in [-0.4, -0.2) is 46.9 Å². The standard InChI is InChI=1S/C19H22N4O5/c1-25-15-7-5-13(9-17(15)27-3)11-20-22-19(24)23-21-12-14-6-8-16(26-2)18(10-14)28-4/h5-12H,1-4H3,(H2,22,23,24)/b20-11+,21-12+. The van der Waals surface area contributed by atoms with Gasteiger partial charge in [-0.1, -0.05) is 0 Å². The van der Waals surface area contributed by atoms with Gasteiger partial charge in [-0.05, 0) is 47.5 Å². The van der Waals surface area contributed by atoms with Crippen molar-refractivity contribution in [3.8, 4) is 23.0 Å². The fraction of sp³-hybridized carbons (Fsp3) is 0.211. The normalized spacial score (nSPS) is 10.7. The molecule has 0 atom stereocenters. The summed E-state index contributed by atoms with van der Waals surface area (Å²) in [7, 11) is 6.20. The molecule has 0 radical (unpaired) electrons. The molecule has 9 heteroatoms. The zero-order valence-corrected chi connectivity index (χ0v) is 16.1. The predicted molar refractivity (Wildman–Crippen MR) is 106 cm³/mol.